The molecule has 0 aliphatic heterocycles. The van der Waals surface area contributed by atoms with Gasteiger partial charge < -0.3 is 10.0 Å². The smallest absolute Gasteiger partial charge is 0.0963 e. The van der Waals surface area contributed by atoms with Crippen LogP contribution in [-0.2, 0) is 6.42 Å². The Morgan fingerprint density at radius 1 is 1.44 bits per heavy atom. The predicted octanol–water partition coefficient (Wildman–Crippen LogP) is 2.30. The number of hydrogen-bond donors (Lipinski definition) is 1. The zero-order valence-corrected chi connectivity index (χ0v) is 10.1. The Balaban J connectivity index is 2.42. The fourth-order valence-electron chi connectivity index (χ4n) is 2.51. The summed E-state index contributed by atoms with van der Waals surface area (Å²) in [5, 5.41) is 9.93. The number of anilines is 1. The van der Waals surface area contributed by atoms with Crippen molar-refractivity contribution in [1.29, 1.82) is 0 Å². The molecule has 0 saturated carbocycles. The molecule has 0 radical (unpaired) electrons. The SMILES string of the molecule is CCN(CC)c1ccnc2c1CCCC2O. The lowest BCUT2D eigenvalue weighted by atomic mass is 9.92. The van der Waals surface area contributed by atoms with Crippen LogP contribution in [0.1, 0.15) is 44.1 Å². The number of pyridine rings is 1. The van der Waals surface area contributed by atoms with Crippen LogP contribution < -0.4 is 4.90 Å². The first kappa shape index (κ1) is 11.4. The number of aromatic nitrogens is 1. The van der Waals surface area contributed by atoms with E-state index in [1.165, 1.54) is 11.3 Å². The topological polar surface area (TPSA) is 36.4 Å². The van der Waals surface area contributed by atoms with Gasteiger partial charge in [-0.15, -0.1) is 0 Å². The molecule has 1 atom stereocenters. The van der Waals surface area contributed by atoms with Crippen LogP contribution in [0.2, 0.25) is 0 Å². The van der Waals surface area contributed by atoms with Gasteiger partial charge in [0.25, 0.3) is 0 Å². The second-order valence-corrected chi connectivity index (χ2v) is 4.27. The number of aliphatic hydroxyl groups is 1. The zero-order valence-electron chi connectivity index (χ0n) is 10.1. The average molecular weight is 220 g/mol. The monoisotopic (exact) mass is 220 g/mol. The van der Waals surface area contributed by atoms with Gasteiger partial charge in [0.1, 0.15) is 0 Å². The van der Waals surface area contributed by atoms with Crippen molar-refractivity contribution in [1.82, 2.24) is 4.98 Å². The molecule has 1 aliphatic rings. The van der Waals surface area contributed by atoms with Gasteiger partial charge in [-0.1, -0.05) is 0 Å². The molecule has 0 fully saturated rings. The maximum absolute atomic E-state index is 9.93. The molecule has 1 heterocycles. The van der Waals surface area contributed by atoms with E-state index in [1.54, 1.807) is 0 Å². The third-order valence-corrected chi connectivity index (χ3v) is 3.39. The Labute approximate surface area is 97.1 Å². The molecule has 0 spiro atoms. The second kappa shape index (κ2) is 4.83. The Kier molecular flexibility index (Phi) is 3.44. The van der Waals surface area contributed by atoms with Gasteiger partial charge in [0.05, 0.1) is 11.8 Å². The van der Waals surface area contributed by atoms with Crippen LogP contribution in [0.15, 0.2) is 12.3 Å². The number of aliphatic hydroxyl groups excluding tert-OH is 1. The van der Waals surface area contributed by atoms with Crippen molar-refractivity contribution in [2.75, 3.05) is 18.0 Å². The van der Waals surface area contributed by atoms with E-state index >= 15 is 0 Å². The van der Waals surface area contributed by atoms with Crippen molar-refractivity contribution in [3.63, 3.8) is 0 Å². The third kappa shape index (κ3) is 1.92. The minimum atomic E-state index is -0.362. The van der Waals surface area contributed by atoms with Crippen molar-refractivity contribution in [2.24, 2.45) is 0 Å². The van der Waals surface area contributed by atoms with Crippen LogP contribution in [0.4, 0.5) is 5.69 Å². The molecule has 1 aromatic rings. The van der Waals surface area contributed by atoms with Crippen LogP contribution >= 0.6 is 0 Å². The van der Waals surface area contributed by atoms with Crippen molar-refractivity contribution < 1.29 is 5.11 Å². The lowest BCUT2D eigenvalue weighted by Crippen LogP contribution is -2.25. The van der Waals surface area contributed by atoms with Gasteiger partial charge in [-0.2, -0.15) is 0 Å². The molecular weight excluding hydrogens is 200 g/mol. The predicted molar refractivity (Wildman–Crippen MR) is 65.7 cm³/mol. The first-order valence-corrected chi connectivity index (χ1v) is 6.18. The highest BCUT2D eigenvalue weighted by molar-refractivity contribution is 5.55. The molecule has 1 aliphatic carbocycles. The van der Waals surface area contributed by atoms with E-state index in [0.29, 0.717) is 0 Å². The van der Waals surface area contributed by atoms with E-state index in [2.05, 4.69) is 29.8 Å². The van der Waals surface area contributed by atoms with Crippen LogP contribution in [0, 0.1) is 0 Å². The molecule has 0 bridgehead atoms. The van der Waals surface area contributed by atoms with Crippen LogP contribution in [-0.4, -0.2) is 23.2 Å². The second-order valence-electron chi connectivity index (χ2n) is 4.27. The van der Waals surface area contributed by atoms with Crippen molar-refractivity contribution in [2.45, 2.75) is 39.2 Å². The summed E-state index contributed by atoms with van der Waals surface area (Å²) in [5.41, 5.74) is 3.41. The zero-order chi connectivity index (χ0) is 11.5. The molecule has 1 unspecified atom stereocenters. The Bertz CT molecular complexity index is 361. The normalized spacial score (nSPS) is 19.3. The molecule has 0 amide bonds. The first-order chi connectivity index (χ1) is 7.77. The third-order valence-electron chi connectivity index (χ3n) is 3.39. The summed E-state index contributed by atoms with van der Waals surface area (Å²) >= 11 is 0. The number of hydrogen-bond acceptors (Lipinski definition) is 3. The quantitative estimate of drug-likeness (QED) is 0.849. The Morgan fingerprint density at radius 2 is 2.19 bits per heavy atom. The Morgan fingerprint density at radius 3 is 2.88 bits per heavy atom. The van der Waals surface area contributed by atoms with Gasteiger partial charge in [-0.3, -0.25) is 4.98 Å². The summed E-state index contributed by atoms with van der Waals surface area (Å²) in [7, 11) is 0. The lowest BCUT2D eigenvalue weighted by molar-refractivity contribution is 0.151. The van der Waals surface area contributed by atoms with E-state index in [-0.39, 0.29) is 6.10 Å². The van der Waals surface area contributed by atoms with E-state index in [4.69, 9.17) is 0 Å². The van der Waals surface area contributed by atoms with Crippen molar-refractivity contribution in [3.05, 3.63) is 23.5 Å². The molecule has 88 valence electrons. The van der Waals surface area contributed by atoms with Gasteiger partial charge in [0.15, 0.2) is 0 Å². The highest BCUT2D eigenvalue weighted by Crippen LogP contribution is 2.33. The molecule has 1 N–H and O–H groups in total. The Hall–Kier alpha value is -1.09. The van der Waals surface area contributed by atoms with Gasteiger partial charge in [-0.25, -0.2) is 0 Å². The average Bonchev–Trinajstić information content (AvgIpc) is 2.32. The standard InChI is InChI=1S/C13H20N2O/c1-3-15(4-2)11-8-9-14-13-10(11)6-5-7-12(13)16/h8-9,12,16H,3-7H2,1-2H3. The van der Waals surface area contributed by atoms with E-state index in [0.717, 1.165) is 38.0 Å². The van der Waals surface area contributed by atoms with Gasteiger partial charge in [0.2, 0.25) is 0 Å². The summed E-state index contributed by atoms with van der Waals surface area (Å²) in [6.45, 7) is 6.33. The summed E-state index contributed by atoms with van der Waals surface area (Å²) in [5.74, 6) is 0. The lowest BCUT2D eigenvalue weighted by Gasteiger charge is -2.28. The number of rotatable bonds is 3. The van der Waals surface area contributed by atoms with Crippen LogP contribution in [0.5, 0.6) is 0 Å². The molecule has 16 heavy (non-hydrogen) atoms. The highest BCUT2D eigenvalue weighted by atomic mass is 16.3. The van der Waals surface area contributed by atoms with E-state index in [1.807, 2.05) is 6.20 Å². The summed E-state index contributed by atoms with van der Waals surface area (Å²) in [4.78, 5) is 6.67. The van der Waals surface area contributed by atoms with Gasteiger partial charge >= 0.3 is 0 Å². The minimum absolute atomic E-state index is 0.362. The van der Waals surface area contributed by atoms with Crippen molar-refractivity contribution >= 4 is 5.69 Å². The molecule has 3 heteroatoms. The summed E-state index contributed by atoms with van der Waals surface area (Å²) in [6.07, 6.45) is 4.42. The van der Waals surface area contributed by atoms with Crippen LogP contribution in [0.3, 0.4) is 0 Å². The first-order valence-electron chi connectivity index (χ1n) is 6.18. The largest absolute Gasteiger partial charge is 0.387 e. The molecule has 0 saturated heterocycles. The summed E-state index contributed by atoms with van der Waals surface area (Å²) in [6, 6.07) is 2.07. The van der Waals surface area contributed by atoms with Gasteiger partial charge in [0, 0.05) is 25.0 Å². The molecule has 1 aromatic heterocycles. The summed E-state index contributed by atoms with van der Waals surface area (Å²) < 4.78 is 0. The van der Waals surface area contributed by atoms with Crippen LogP contribution in [0.25, 0.3) is 0 Å². The molecule has 2 rings (SSSR count). The molecule has 3 nitrogen and oxygen atoms in total. The molecule has 0 aromatic carbocycles. The van der Waals surface area contributed by atoms with E-state index in [9.17, 15) is 5.11 Å². The maximum atomic E-state index is 9.93. The van der Waals surface area contributed by atoms with Crippen molar-refractivity contribution in [3.8, 4) is 0 Å². The van der Waals surface area contributed by atoms with Gasteiger partial charge in [-0.05, 0) is 44.7 Å². The molecular formula is C13H20N2O. The highest BCUT2D eigenvalue weighted by Gasteiger charge is 2.22. The number of fused-ring (bicyclic) bond motifs is 1. The maximum Gasteiger partial charge on any atom is 0.0963 e. The van der Waals surface area contributed by atoms with E-state index < -0.39 is 0 Å². The number of nitrogens with zero attached hydrogens (tertiary/aromatic N) is 2. The fourth-order valence-corrected chi connectivity index (χ4v) is 2.51. The fraction of sp³-hybridized carbons (Fsp3) is 0.615. The minimum Gasteiger partial charge on any atom is -0.387 e.